The smallest absolute Gasteiger partial charge is 0.338 e. The fourth-order valence-electron chi connectivity index (χ4n) is 1.47. The maximum atomic E-state index is 11.8. The molecule has 0 atom stereocenters. The zero-order chi connectivity index (χ0) is 16.5. The van der Waals surface area contributed by atoms with E-state index in [0.717, 1.165) is 0 Å². The van der Waals surface area contributed by atoms with Crippen molar-refractivity contribution in [2.75, 3.05) is 20.3 Å². The number of benzene rings is 1. The Kier molecular flexibility index (Phi) is 6.88. The van der Waals surface area contributed by atoms with E-state index in [1.807, 2.05) is 13.8 Å². The van der Waals surface area contributed by atoms with Gasteiger partial charge in [0.15, 0.2) is 6.61 Å². The fourth-order valence-corrected chi connectivity index (χ4v) is 1.47. The second-order valence-corrected chi connectivity index (χ2v) is 4.96. The van der Waals surface area contributed by atoms with Crippen molar-refractivity contribution in [2.24, 2.45) is 5.92 Å². The average Bonchev–Trinajstić information content (AvgIpc) is 2.50. The number of urea groups is 1. The summed E-state index contributed by atoms with van der Waals surface area (Å²) >= 11 is 0. The molecule has 0 aliphatic carbocycles. The normalized spacial score (nSPS) is 10.0. The highest BCUT2D eigenvalue weighted by Crippen LogP contribution is 2.13. The molecule has 2 N–H and O–H groups in total. The standard InChI is InChI=1S/C15H20N2O5/c1-10(2)8-16-15(20)17-13(18)9-22-14(19)11-5-4-6-12(7-11)21-3/h4-7,10H,8-9H2,1-3H3,(H2,16,17,18,20). The van der Waals surface area contributed by atoms with E-state index in [4.69, 9.17) is 9.47 Å². The van der Waals surface area contributed by atoms with Crippen LogP contribution in [-0.2, 0) is 9.53 Å². The van der Waals surface area contributed by atoms with E-state index in [2.05, 4.69) is 10.6 Å². The van der Waals surface area contributed by atoms with E-state index < -0.39 is 24.5 Å². The molecule has 1 rings (SSSR count). The Morgan fingerprint density at radius 1 is 1.23 bits per heavy atom. The van der Waals surface area contributed by atoms with Gasteiger partial charge in [-0.1, -0.05) is 19.9 Å². The number of ether oxygens (including phenoxy) is 2. The van der Waals surface area contributed by atoms with Crippen molar-refractivity contribution in [2.45, 2.75) is 13.8 Å². The van der Waals surface area contributed by atoms with Crippen molar-refractivity contribution < 1.29 is 23.9 Å². The zero-order valence-corrected chi connectivity index (χ0v) is 12.8. The molecule has 1 aromatic rings. The number of nitrogens with one attached hydrogen (secondary N) is 2. The molecule has 0 saturated heterocycles. The molecule has 0 spiro atoms. The predicted molar refractivity (Wildman–Crippen MR) is 79.7 cm³/mol. The van der Waals surface area contributed by atoms with Crippen LogP contribution in [0.25, 0.3) is 0 Å². The number of rotatable bonds is 6. The van der Waals surface area contributed by atoms with E-state index in [-0.39, 0.29) is 11.5 Å². The monoisotopic (exact) mass is 308 g/mol. The SMILES string of the molecule is COc1cccc(C(=O)OCC(=O)NC(=O)NCC(C)C)c1. The van der Waals surface area contributed by atoms with Crippen LogP contribution in [0.1, 0.15) is 24.2 Å². The van der Waals surface area contributed by atoms with Crippen LogP contribution in [0, 0.1) is 5.92 Å². The Morgan fingerprint density at radius 3 is 2.59 bits per heavy atom. The van der Waals surface area contributed by atoms with Crippen molar-refractivity contribution in [1.29, 1.82) is 0 Å². The molecule has 0 bridgehead atoms. The van der Waals surface area contributed by atoms with E-state index in [1.54, 1.807) is 12.1 Å². The van der Waals surface area contributed by atoms with Crippen LogP contribution in [0.3, 0.4) is 0 Å². The van der Waals surface area contributed by atoms with Gasteiger partial charge in [0.05, 0.1) is 12.7 Å². The maximum absolute atomic E-state index is 11.8. The van der Waals surface area contributed by atoms with Crippen LogP contribution < -0.4 is 15.4 Å². The molecule has 3 amide bonds. The number of hydrogen-bond donors (Lipinski definition) is 2. The summed E-state index contributed by atoms with van der Waals surface area (Å²) in [6.07, 6.45) is 0. The zero-order valence-electron chi connectivity index (χ0n) is 12.8. The largest absolute Gasteiger partial charge is 0.497 e. The van der Waals surface area contributed by atoms with Crippen LogP contribution in [0.2, 0.25) is 0 Å². The Hall–Kier alpha value is -2.57. The third kappa shape index (κ3) is 6.25. The summed E-state index contributed by atoms with van der Waals surface area (Å²) in [5.74, 6) is -0.590. The van der Waals surface area contributed by atoms with Gasteiger partial charge in [-0.05, 0) is 24.1 Å². The van der Waals surface area contributed by atoms with Gasteiger partial charge >= 0.3 is 12.0 Å². The minimum atomic E-state index is -0.697. The summed E-state index contributed by atoms with van der Waals surface area (Å²) in [7, 11) is 1.48. The molecule has 22 heavy (non-hydrogen) atoms. The van der Waals surface area contributed by atoms with E-state index in [1.165, 1.54) is 19.2 Å². The summed E-state index contributed by atoms with van der Waals surface area (Å²) in [6.45, 7) is 3.77. The molecule has 0 saturated carbocycles. The summed E-state index contributed by atoms with van der Waals surface area (Å²) < 4.78 is 9.82. The van der Waals surface area contributed by atoms with Crippen molar-refractivity contribution in [1.82, 2.24) is 10.6 Å². The minimum absolute atomic E-state index is 0.261. The Bertz CT molecular complexity index is 542. The van der Waals surface area contributed by atoms with Crippen LogP contribution in [0.4, 0.5) is 4.79 Å². The van der Waals surface area contributed by atoms with Crippen LogP contribution in [0.15, 0.2) is 24.3 Å². The first-order valence-corrected chi connectivity index (χ1v) is 6.81. The molecule has 0 aliphatic heterocycles. The molecule has 0 radical (unpaired) electrons. The van der Waals surface area contributed by atoms with Gasteiger partial charge in [0.1, 0.15) is 5.75 Å². The molecule has 120 valence electrons. The molecule has 0 unspecified atom stereocenters. The molecule has 7 nitrogen and oxygen atoms in total. The molecular weight excluding hydrogens is 288 g/mol. The first kappa shape index (κ1) is 17.5. The Morgan fingerprint density at radius 2 is 1.95 bits per heavy atom. The lowest BCUT2D eigenvalue weighted by atomic mass is 10.2. The highest BCUT2D eigenvalue weighted by atomic mass is 16.5. The highest BCUT2D eigenvalue weighted by molar-refractivity contribution is 5.97. The first-order valence-electron chi connectivity index (χ1n) is 6.81. The average molecular weight is 308 g/mol. The van der Waals surface area contributed by atoms with Crippen molar-refractivity contribution in [3.63, 3.8) is 0 Å². The van der Waals surface area contributed by atoms with Gasteiger partial charge in [0, 0.05) is 6.54 Å². The summed E-state index contributed by atoms with van der Waals surface area (Å²) in [5.41, 5.74) is 0.261. The van der Waals surface area contributed by atoms with Gasteiger partial charge in [-0.15, -0.1) is 0 Å². The molecule has 7 heteroatoms. The molecule has 1 aromatic carbocycles. The third-order valence-corrected chi connectivity index (χ3v) is 2.56. The van der Waals surface area contributed by atoms with E-state index in [0.29, 0.717) is 12.3 Å². The van der Waals surface area contributed by atoms with Gasteiger partial charge in [0.2, 0.25) is 0 Å². The van der Waals surface area contributed by atoms with Crippen LogP contribution >= 0.6 is 0 Å². The molecule has 0 aliphatic rings. The Labute approximate surface area is 129 Å². The summed E-state index contributed by atoms with van der Waals surface area (Å²) in [4.78, 5) is 34.6. The lowest BCUT2D eigenvalue weighted by Crippen LogP contribution is -2.42. The van der Waals surface area contributed by atoms with Gasteiger partial charge in [-0.2, -0.15) is 0 Å². The predicted octanol–water partition coefficient (Wildman–Crippen LogP) is 1.33. The van der Waals surface area contributed by atoms with Crippen molar-refractivity contribution in [3.05, 3.63) is 29.8 Å². The van der Waals surface area contributed by atoms with Gasteiger partial charge < -0.3 is 14.8 Å². The highest BCUT2D eigenvalue weighted by Gasteiger charge is 2.13. The second kappa shape index (κ2) is 8.66. The number of hydrogen-bond acceptors (Lipinski definition) is 5. The number of methoxy groups -OCH3 is 1. The molecular formula is C15H20N2O5. The first-order chi connectivity index (χ1) is 10.4. The topological polar surface area (TPSA) is 93.7 Å². The number of carbonyl (C=O) groups excluding carboxylic acids is 3. The van der Waals surface area contributed by atoms with E-state index in [9.17, 15) is 14.4 Å². The molecule has 0 heterocycles. The summed E-state index contributed by atoms with van der Waals surface area (Å²) in [5, 5.41) is 4.59. The molecule has 0 aromatic heterocycles. The van der Waals surface area contributed by atoms with Crippen molar-refractivity contribution in [3.8, 4) is 5.75 Å². The fraction of sp³-hybridized carbons (Fsp3) is 0.400. The number of carbonyl (C=O) groups is 3. The molecule has 0 fully saturated rings. The lowest BCUT2D eigenvalue weighted by Gasteiger charge is -2.09. The van der Waals surface area contributed by atoms with Gasteiger partial charge in [-0.3, -0.25) is 10.1 Å². The van der Waals surface area contributed by atoms with Gasteiger partial charge in [-0.25, -0.2) is 9.59 Å². The van der Waals surface area contributed by atoms with Crippen LogP contribution in [-0.4, -0.2) is 38.2 Å². The number of amides is 3. The second-order valence-electron chi connectivity index (χ2n) is 4.96. The van der Waals surface area contributed by atoms with Gasteiger partial charge in [0.25, 0.3) is 5.91 Å². The van der Waals surface area contributed by atoms with Crippen molar-refractivity contribution >= 4 is 17.9 Å². The summed E-state index contributed by atoms with van der Waals surface area (Å²) in [6, 6.07) is 5.74. The Balaban J connectivity index is 2.40. The van der Waals surface area contributed by atoms with Crippen LogP contribution in [0.5, 0.6) is 5.75 Å². The minimum Gasteiger partial charge on any atom is -0.497 e. The number of imide groups is 1. The lowest BCUT2D eigenvalue weighted by molar-refractivity contribution is -0.123. The number of esters is 1. The van der Waals surface area contributed by atoms with E-state index >= 15 is 0 Å². The quantitative estimate of drug-likeness (QED) is 0.773. The third-order valence-electron chi connectivity index (χ3n) is 2.56. The maximum Gasteiger partial charge on any atom is 0.338 e.